The molecule has 0 saturated heterocycles. The molecule has 2 aromatic heterocycles. The molecule has 114 valence electrons. The smallest absolute Gasteiger partial charge is 0.252 e. The van der Waals surface area contributed by atoms with Gasteiger partial charge in [0, 0.05) is 25.0 Å². The summed E-state index contributed by atoms with van der Waals surface area (Å²) in [5.41, 5.74) is 3.14. The van der Waals surface area contributed by atoms with Crippen molar-refractivity contribution < 1.29 is 8.78 Å². The summed E-state index contributed by atoms with van der Waals surface area (Å²) < 4.78 is 27.9. The van der Waals surface area contributed by atoms with E-state index in [1.54, 1.807) is 16.5 Å². The van der Waals surface area contributed by atoms with Crippen molar-refractivity contribution in [2.75, 3.05) is 0 Å². The summed E-state index contributed by atoms with van der Waals surface area (Å²) >= 11 is 0. The molecular weight excluding hydrogens is 298 g/mol. The Balaban J connectivity index is 1.65. The molecule has 6 heteroatoms. The zero-order valence-electron chi connectivity index (χ0n) is 12.1. The van der Waals surface area contributed by atoms with Crippen LogP contribution in [0.1, 0.15) is 12.2 Å². The number of alkyl halides is 2. The van der Waals surface area contributed by atoms with E-state index in [0.29, 0.717) is 17.2 Å². The molecule has 0 spiro atoms. The molecule has 0 amide bonds. The van der Waals surface area contributed by atoms with Crippen molar-refractivity contribution in [1.29, 1.82) is 0 Å². The van der Waals surface area contributed by atoms with Gasteiger partial charge < -0.3 is 0 Å². The molecule has 2 heterocycles. The Kier molecular flexibility index (Phi) is 2.91. The predicted octanol–water partition coefficient (Wildman–Crippen LogP) is 4.14. The standard InChI is InChI=1S/C17H12F2N4/c1-20-14-4-2-11(3-5-14)12-6-7-23-15(8-12)21-22-16(23)9-13-10-17(13,18)19/h2-8,13H,9-10H2. The third-order valence-corrected chi connectivity index (χ3v) is 4.19. The van der Waals surface area contributed by atoms with Gasteiger partial charge in [-0.3, -0.25) is 4.40 Å². The maximum Gasteiger partial charge on any atom is 0.252 e. The number of halogens is 2. The highest BCUT2D eigenvalue weighted by molar-refractivity contribution is 5.69. The van der Waals surface area contributed by atoms with Crippen LogP contribution in [0.2, 0.25) is 0 Å². The lowest BCUT2D eigenvalue weighted by molar-refractivity contribution is 0.0984. The van der Waals surface area contributed by atoms with Crippen LogP contribution in [-0.2, 0) is 6.42 Å². The molecular formula is C17H12F2N4. The van der Waals surface area contributed by atoms with Gasteiger partial charge >= 0.3 is 0 Å². The van der Waals surface area contributed by atoms with Crippen molar-refractivity contribution in [2.45, 2.75) is 18.8 Å². The molecule has 0 N–H and O–H groups in total. The molecule has 1 saturated carbocycles. The Labute approximate surface area is 131 Å². The second-order valence-electron chi connectivity index (χ2n) is 5.78. The molecule has 4 rings (SSSR count). The van der Waals surface area contributed by atoms with Crippen molar-refractivity contribution in [3.05, 3.63) is 59.8 Å². The van der Waals surface area contributed by atoms with Gasteiger partial charge in [0.25, 0.3) is 5.92 Å². The van der Waals surface area contributed by atoms with Crippen LogP contribution in [-0.4, -0.2) is 20.5 Å². The summed E-state index contributed by atoms with van der Waals surface area (Å²) in [7, 11) is 0. The van der Waals surface area contributed by atoms with Gasteiger partial charge in [-0.25, -0.2) is 13.6 Å². The van der Waals surface area contributed by atoms with Gasteiger partial charge in [0.15, 0.2) is 11.3 Å². The molecule has 3 aromatic rings. The third kappa shape index (κ3) is 2.44. The van der Waals surface area contributed by atoms with Gasteiger partial charge in [-0.2, -0.15) is 0 Å². The third-order valence-electron chi connectivity index (χ3n) is 4.19. The van der Waals surface area contributed by atoms with Crippen molar-refractivity contribution in [2.24, 2.45) is 5.92 Å². The van der Waals surface area contributed by atoms with Crippen LogP contribution in [0.4, 0.5) is 14.5 Å². The first-order chi connectivity index (χ1) is 11.1. The fourth-order valence-corrected chi connectivity index (χ4v) is 2.70. The topological polar surface area (TPSA) is 34.5 Å². The highest BCUT2D eigenvalue weighted by Gasteiger charge is 2.56. The quantitative estimate of drug-likeness (QED) is 0.681. The van der Waals surface area contributed by atoms with Crippen LogP contribution in [0, 0.1) is 12.5 Å². The molecule has 1 aromatic carbocycles. The summed E-state index contributed by atoms with van der Waals surface area (Å²) in [5.74, 6) is -2.59. The van der Waals surface area contributed by atoms with Crippen LogP contribution in [0.15, 0.2) is 42.6 Å². The summed E-state index contributed by atoms with van der Waals surface area (Å²) in [6, 6.07) is 11.0. The molecule has 1 atom stereocenters. The fourth-order valence-electron chi connectivity index (χ4n) is 2.70. The van der Waals surface area contributed by atoms with Gasteiger partial charge in [0.2, 0.25) is 0 Å². The number of fused-ring (bicyclic) bond motifs is 1. The van der Waals surface area contributed by atoms with Crippen LogP contribution in [0.5, 0.6) is 0 Å². The van der Waals surface area contributed by atoms with Crippen LogP contribution in [0.25, 0.3) is 21.6 Å². The van der Waals surface area contributed by atoms with E-state index in [9.17, 15) is 8.78 Å². The van der Waals surface area contributed by atoms with Crippen molar-refractivity contribution in [3.8, 4) is 11.1 Å². The van der Waals surface area contributed by atoms with Gasteiger partial charge in [0.1, 0.15) is 5.82 Å². The Morgan fingerprint density at radius 3 is 2.57 bits per heavy atom. The molecule has 1 fully saturated rings. The van der Waals surface area contributed by atoms with E-state index in [-0.39, 0.29) is 12.8 Å². The van der Waals surface area contributed by atoms with E-state index in [2.05, 4.69) is 15.0 Å². The minimum Gasteiger partial charge on any atom is -0.286 e. The van der Waals surface area contributed by atoms with E-state index in [1.165, 1.54) is 0 Å². The maximum absolute atomic E-state index is 13.1. The SMILES string of the molecule is [C-]#[N+]c1ccc(-c2ccn3c(CC4CC4(F)F)nnc3c2)cc1. The molecule has 0 aliphatic heterocycles. The van der Waals surface area contributed by atoms with Gasteiger partial charge in [-0.15, -0.1) is 10.2 Å². The van der Waals surface area contributed by atoms with Gasteiger partial charge in [-0.05, 0) is 23.3 Å². The van der Waals surface area contributed by atoms with Crippen molar-refractivity contribution in [3.63, 3.8) is 0 Å². The minimum atomic E-state index is -2.55. The Morgan fingerprint density at radius 2 is 1.91 bits per heavy atom. The first kappa shape index (κ1) is 13.8. The second-order valence-corrected chi connectivity index (χ2v) is 5.78. The number of rotatable bonds is 3. The summed E-state index contributed by atoms with van der Waals surface area (Å²) in [6.07, 6.45) is 1.99. The number of pyridine rings is 1. The lowest BCUT2D eigenvalue weighted by Crippen LogP contribution is -2.01. The van der Waals surface area contributed by atoms with E-state index in [1.807, 2.05) is 30.5 Å². The molecule has 23 heavy (non-hydrogen) atoms. The Morgan fingerprint density at radius 1 is 1.17 bits per heavy atom. The molecule has 0 radical (unpaired) electrons. The van der Waals surface area contributed by atoms with Crippen LogP contribution >= 0.6 is 0 Å². The predicted molar refractivity (Wildman–Crippen MR) is 81.4 cm³/mol. The average molecular weight is 310 g/mol. The maximum atomic E-state index is 13.1. The number of hydrogen-bond acceptors (Lipinski definition) is 2. The van der Waals surface area contributed by atoms with E-state index in [0.717, 1.165) is 11.1 Å². The first-order valence-corrected chi connectivity index (χ1v) is 7.26. The van der Waals surface area contributed by atoms with E-state index >= 15 is 0 Å². The van der Waals surface area contributed by atoms with Gasteiger partial charge in [0.05, 0.1) is 6.57 Å². The lowest BCUT2D eigenvalue weighted by atomic mass is 10.1. The zero-order valence-corrected chi connectivity index (χ0v) is 12.1. The summed E-state index contributed by atoms with van der Waals surface area (Å²) in [5, 5.41) is 8.13. The highest BCUT2D eigenvalue weighted by Crippen LogP contribution is 2.50. The zero-order chi connectivity index (χ0) is 16.0. The van der Waals surface area contributed by atoms with Crippen molar-refractivity contribution in [1.82, 2.24) is 14.6 Å². The number of benzene rings is 1. The highest BCUT2D eigenvalue weighted by atomic mass is 19.3. The lowest BCUT2D eigenvalue weighted by Gasteiger charge is -2.04. The number of nitrogens with zero attached hydrogens (tertiary/aromatic N) is 4. The van der Waals surface area contributed by atoms with E-state index < -0.39 is 11.8 Å². The number of aromatic nitrogens is 3. The van der Waals surface area contributed by atoms with Crippen molar-refractivity contribution >= 4 is 11.3 Å². The van der Waals surface area contributed by atoms with Gasteiger partial charge in [-0.1, -0.05) is 24.3 Å². The average Bonchev–Trinajstić information content (AvgIpc) is 2.98. The molecule has 1 unspecified atom stereocenters. The second kappa shape index (κ2) is 4.85. The Bertz CT molecular complexity index is 922. The summed E-state index contributed by atoms with van der Waals surface area (Å²) in [6.45, 7) is 6.97. The largest absolute Gasteiger partial charge is 0.286 e. The monoisotopic (exact) mass is 310 g/mol. The molecule has 1 aliphatic rings. The van der Waals surface area contributed by atoms with Crippen LogP contribution in [0.3, 0.4) is 0 Å². The minimum absolute atomic E-state index is 0.0621. The molecule has 1 aliphatic carbocycles. The normalized spacial score (nSPS) is 18.7. The van der Waals surface area contributed by atoms with Crippen LogP contribution < -0.4 is 0 Å². The Hall–Kier alpha value is -2.81. The summed E-state index contributed by atoms with van der Waals surface area (Å²) in [4.78, 5) is 3.37. The molecule has 0 bridgehead atoms. The molecule has 4 nitrogen and oxygen atoms in total. The number of hydrogen-bond donors (Lipinski definition) is 0. The fraction of sp³-hybridized carbons (Fsp3) is 0.235. The first-order valence-electron chi connectivity index (χ1n) is 7.26. The van der Waals surface area contributed by atoms with E-state index in [4.69, 9.17) is 6.57 Å².